The van der Waals surface area contributed by atoms with Gasteiger partial charge in [-0.15, -0.1) is 0 Å². The van der Waals surface area contributed by atoms with Crippen molar-refractivity contribution in [2.75, 3.05) is 18.0 Å². The summed E-state index contributed by atoms with van der Waals surface area (Å²) in [4.78, 5) is 27.1. The Kier molecular flexibility index (Phi) is 4.53. The number of carbonyl (C=O) groups excluding carboxylic acids is 2. The van der Waals surface area contributed by atoms with Crippen LogP contribution in [0.25, 0.3) is 0 Å². The van der Waals surface area contributed by atoms with Crippen molar-refractivity contribution in [2.45, 2.75) is 32.8 Å². The molecule has 6 nitrogen and oxygen atoms in total. The monoisotopic (exact) mass is 342 g/mol. The molecule has 0 saturated heterocycles. The van der Waals surface area contributed by atoms with Crippen LogP contribution in [0.1, 0.15) is 25.4 Å². The highest BCUT2D eigenvalue weighted by Gasteiger charge is 2.50. The predicted molar refractivity (Wildman–Crippen MR) is 93.7 cm³/mol. The van der Waals surface area contributed by atoms with Crippen LogP contribution in [0.15, 0.2) is 40.8 Å². The second kappa shape index (κ2) is 6.63. The topological polar surface area (TPSA) is 71.8 Å². The molecule has 0 fully saturated rings. The van der Waals surface area contributed by atoms with Gasteiger partial charge in [-0.2, -0.15) is 0 Å². The van der Waals surface area contributed by atoms with E-state index in [1.54, 1.807) is 11.0 Å². The molecule has 2 aromatic rings. The van der Waals surface area contributed by atoms with Crippen LogP contribution in [0.4, 0.5) is 5.69 Å². The maximum atomic E-state index is 12.8. The number of hydrogen-bond donors (Lipinski definition) is 1. The number of anilines is 1. The highest BCUT2D eigenvalue weighted by atomic mass is 16.5. The number of aryl methyl sites for hydroxylation is 1. The largest absolute Gasteiger partial charge is 0.466 e. The number of nitrogens with one attached hydrogen (secondary N) is 1. The maximum Gasteiger partial charge on any atom is 0.280 e. The molecule has 25 heavy (non-hydrogen) atoms. The predicted octanol–water partition coefficient (Wildman–Crippen LogP) is 2.45. The Morgan fingerprint density at radius 3 is 2.68 bits per heavy atom. The fraction of sp³-hybridized carbons (Fsp3) is 0.368. The van der Waals surface area contributed by atoms with Crippen molar-refractivity contribution in [3.63, 3.8) is 0 Å². The average Bonchev–Trinajstić information content (AvgIpc) is 3.01. The second-order valence-electron chi connectivity index (χ2n) is 6.17. The normalized spacial score (nSPS) is 19.3. The molecule has 0 aliphatic carbocycles. The van der Waals surface area contributed by atoms with Crippen molar-refractivity contribution >= 4 is 17.5 Å². The minimum Gasteiger partial charge on any atom is -0.466 e. The van der Waals surface area contributed by atoms with Gasteiger partial charge in [-0.3, -0.25) is 9.59 Å². The van der Waals surface area contributed by atoms with Crippen LogP contribution in [0.5, 0.6) is 5.75 Å². The summed E-state index contributed by atoms with van der Waals surface area (Å²) in [6, 6.07) is 11.0. The number of ether oxygens (including phenoxy) is 1. The zero-order chi connectivity index (χ0) is 18.0. The molecular weight excluding hydrogens is 320 g/mol. The maximum absolute atomic E-state index is 12.8. The molecule has 132 valence electrons. The number of amides is 2. The van der Waals surface area contributed by atoms with Gasteiger partial charge in [0.1, 0.15) is 17.3 Å². The molecule has 3 rings (SSSR count). The van der Waals surface area contributed by atoms with Crippen LogP contribution < -0.4 is 15.0 Å². The highest BCUT2D eigenvalue weighted by molar-refractivity contribution is 6.16. The van der Waals surface area contributed by atoms with E-state index in [1.807, 2.05) is 44.2 Å². The standard InChI is InChI=1S/C19H22N2O4/c1-4-21-15-7-5-6-8-16(15)25-19(3,18(21)23)17(22)20-12-11-14-10-9-13(2)24-14/h5-10H,4,11-12H2,1-3H3,(H,20,22). The third-order valence-corrected chi connectivity index (χ3v) is 4.33. The molecule has 1 atom stereocenters. The SMILES string of the molecule is CCN1C(=O)C(C)(C(=O)NCCc2ccc(C)o2)Oc2ccccc21. The smallest absolute Gasteiger partial charge is 0.280 e. The number of benzene rings is 1. The van der Waals surface area contributed by atoms with E-state index in [2.05, 4.69) is 5.32 Å². The molecule has 2 amide bonds. The van der Waals surface area contributed by atoms with Crippen LogP contribution >= 0.6 is 0 Å². The van der Waals surface area contributed by atoms with E-state index in [1.165, 1.54) is 6.92 Å². The quantitative estimate of drug-likeness (QED) is 0.847. The molecule has 6 heteroatoms. The molecule has 1 aromatic heterocycles. The zero-order valence-electron chi connectivity index (χ0n) is 14.7. The van der Waals surface area contributed by atoms with Crippen LogP contribution in [0.3, 0.4) is 0 Å². The Morgan fingerprint density at radius 1 is 1.24 bits per heavy atom. The molecule has 1 aromatic carbocycles. The van der Waals surface area contributed by atoms with E-state index < -0.39 is 11.5 Å². The minimum atomic E-state index is -1.58. The molecule has 0 saturated carbocycles. The number of hydrogen-bond acceptors (Lipinski definition) is 4. The Morgan fingerprint density at radius 2 is 2.00 bits per heavy atom. The minimum absolute atomic E-state index is 0.361. The lowest BCUT2D eigenvalue weighted by atomic mass is 10.00. The number of rotatable bonds is 5. The summed E-state index contributed by atoms with van der Waals surface area (Å²) >= 11 is 0. The third-order valence-electron chi connectivity index (χ3n) is 4.33. The van der Waals surface area contributed by atoms with Crippen molar-refractivity contribution < 1.29 is 18.7 Å². The van der Waals surface area contributed by atoms with Crippen LogP contribution in [-0.2, 0) is 16.0 Å². The first-order chi connectivity index (χ1) is 12.0. The first-order valence-corrected chi connectivity index (χ1v) is 8.39. The molecule has 1 aliphatic heterocycles. The van der Waals surface area contributed by atoms with Crippen LogP contribution in [0.2, 0.25) is 0 Å². The van der Waals surface area contributed by atoms with Gasteiger partial charge in [0.25, 0.3) is 17.4 Å². The third kappa shape index (κ3) is 3.12. The number of para-hydroxylation sites is 2. The summed E-state index contributed by atoms with van der Waals surface area (Å²) in [7, 11) is 0. The second-order valence-corrected chi connectivity index (χ2v) is 6.17. The number of fused-ring (bicyclic) bond motifs is 1. The van der Waals surface area contributed by atoms with Crippen molar-refractivity contribution in [1.29, 1.82) is 0 Å². The van der Waals surface area contributed by atoms with Gasteiger partial charge in [0.15, 0.2) is 0 Å². The number of carbonyl (C=O) groups is 2. The first-order valence-electron chi connectivity index (χ1n) is 8.39. The van der Waals surface area contributed by atoms with Gasteiger partial charge in [-0.1, -0.05) is 12.1 Å². The van der Waals surface area contributed by atoms with Crippen molar-refractivity contribution in [3.05, 3.63) is 47.9 Å². The highest BCUT2D eigenvalue weighted by Crippen LogP contribution is 2.37. The molecule has 2 heterocycles. The zero-order valence-corrected chi connectivity index (χ0v) is 14.7. The molecule has 0 spiro atoms. The van der Waals surface area contributed by atoms with E-state index >= 15 is 0 Å². The first kappa shape index (κ1) is 17.1. The summed E-state index contributed by atoms with van der Waals surface area (Å²) < 4.78 is 11.3. The van der Waals surface area contributed by atoms with Crippen LogP contribution in [0, 0.1) is 6.92 Å². The summed E-state index contributed by atoms with van der Waals surface area (Å²) in [5.74, 6) is 1.34. The fourth-order valence-corrected chi connectivity index (χ4v) is 2.94. The van der Waals surface area contributed by atoms with Gasteiger partial charge >= 0.3 is 0 Å². The number of likely N-dealkylation sites (N-methyl/N-ethyl adjacent to an activating group) is 1. The van der Waals surface area contributed by atoms with Gasteiger partial charge in [0.05, 0.1) is 5.69 Å². The number of nitrogens with zero attached hydrogens (tertiary/aromatic N) is 1. The lowest BCUT2D eigenvalue weighted by molar-refractivity contribution is -0.148. The summed E-state index contributed by atoms with van der Waals surface area (Å²) in [6.45, 7) is 6.09. The lowest BCUT2D eigenvalue weighted by Gasteiger charge is -2.39. The molecule has 0 bridgehead atoms. The summed E-state index contributed by atoms with van der Waals surface area (Å²) in [5.41, 5.74) is -0.893. The lowest BCUT2D eigenvalue weighted by Crippen LogP contribution is -2.62. The molecule has 1 aliphatic rings. The van der Waals surface area contributed by atoms with Gasteiger partial charge in [-0.25, -0.2) is 0 Å². The van der Waals surface area contributed by atoms with Gasteiger partial charge in [0.2, 0.25) is 0 Å². The Labute approximate surface area is 146 Å². The van der Waals surface area contributed by atoms with Crippen molar-refractivity contribution in [2.24, 2.45) is 0 Å². The van der Waals surface area contributed by atoms with Crippen LogP contribution in [-0.4, -0.2) is 30.5 Å². The molecular formula is C19H22N2O4. The van der Waals surface area contributed by atoms with E-state index in [0.717, 1.165) is 11.5 Å². The van der Waals surface area contributed by atoms with E-state index in [9.17, 15) is 9.59 Å². The molecule has 1 unspecified atom stereocenters. The van der Waals surface area contributed by atoms with E-state index in [-0.39, 0.29) is 5.91 Å². The fourth-order valence-electron chi connectivity index (χ4n) is 2.94. The number of furan rings is 1. The average molecular weight is 342 g/mol. The van der Waals surface area contributed by atoms with Crippen molar-refractivity contribution in [3.8, 4) is 5.75 Å². The van der Waals surface area contributed by atoms with E-state index in [4.69, 9.17) is 9.15 Å². The van der Waals surface area contributed by atoms with Crippen molar-refractivity contribution in [1.82, 2.24) is 5.32 Å². The molecule has 0 radical (unpaired) electrons. The summed E-state index contributed by atoms with van der Waals surface area (Å²) in [5, 5.41) is 2.79. The molecule has 1 N–H and O–H groups in total. The Hall–Kier alpha value is -2.76. The van der Waals surface area contributed by atoms with Gasteiger partial charge in [-0.05, 0) is 45.0 Å². The van der Waals surface area contributed by atoms with Gasteiger partial charge in [0, 0.05) is 19.5 Å². The van der Waals surface area contributed by atoms with Gasteiger partial charge < -0.3 is 19.4 Å². The Bertz CT molecular complexity index is 798. The van der Waals surface area contributed by atoms with E-state index in [0.29, 0.717) is 30.9 Å². The Balaban J connectivity index is 1.73. The summed E-state index contributed by atoms with van der Waals surface area (Å²) in [6.07, 6.45) is 0.554.